The van der Waals surface area contributed by atoms with Crippen LogP contribution in [0, 0.1) is 6.57 Å². The fraction of sp³-hybridized carbons (Fsp3) is 0.381. The first kappa shape index (κ1) is 20.4. The smallest absolute Gasteiger partial charge is 0.457 e. The molecule has 1 unspecified atom stereocenters. The van der Waals surface area contributed by atoms with Crippen LogP contribution < -0.4 is 10.2 Å². The van der Waals surface area contributed by atoms with Gasteiger partial charge in [-0.3, -0.25) is 0 Å². The van der Waals surface area contributed by atoms with Crippen LogP contribution in [0.25, 0.3) is 4.85 Å². The number of ether oxygens (including phenoxy) is 3. The molecule has 1 atom stereocenters. The minimum atomic E-state index is -0.401. The van der Waals surface area contributed by atoms with Crippen molar-refractivity contribution >= 4 is 18.3 Å². The van der Waals surface area contributed by atoms with Gasteiger partial charge in [0, 0.05) is 19.8 Å². The molecule has 0 radical (unpaired) electrons. The quantitative estimate of drug-likeness (QED) is 0.392. The molecule has 0 bridgehead atoms. The fourth-order valence-electron chi connectivity index (χ4n) is 2.88. The minimum absolute atomic E-state index is 0.309. The summed E-state index contributed by atoms with van der Waals surface area (Å²) in [6.07, 6.45) is 0.586. The second kappa shape index (κ2) is 10.3. The van der Waals surface area contributed by atoms with Gasteiger partial charge in [0.15, 0.2) is 12.0 Å². The highest BCUT2D eigenvalue weighted by molar-refractivity contribution is 6.62. The van der Waals surface area contributed by atoms with E-state index < -0.39 is 7.12 Å². The summed E-state index contributed by atoms with van der Waals surface area (Å²) in [4.78, 5) is 3.39. The topological polar surface area (TPSA) is 50.5 Å². The zero-order valence-corrected chi connectivity index (χ0v) is 16.2. The summed E-state index contributed by atoms with van der Waals surface area (Å²) >= 11 is 0. The highest BCUT2D eigenvalue weighted by atomic mass is 16.7. The Morgan fingerprint density at radius 3 is 2.46 bits per heavy atom. The van der Waals surface area contributed by atoms with E-state index in [0.29, 0.717) is 43.6 Å². The molecule has 0 N–H and O–H groups in total. The molecule has 2 aromatic rings. The lowest BCUT2D eigenvalue weighted by Gasteiger charge is -2.23. The fourth-order valence-corrected chi connectivity index (χ4v) is 2.88. The van der Waals surface area contributed by atoms with Crippen LogP contribution in [-0.2, 0) is 25.4 Å². The highest BCUT2D eigenvalue weighted by Gasteiger charge is 2.27. The summed E-state index contributed by atoms with van der Waals surface area (Å²) in [6, 6.07) is 12.8. The lowest BCUT2D eigenvalue weighted by molar-refractivity contribution is -0.134. The SMILES string of the molecule is [C-]#[N+]c1ccc(Oc2ccc(B3OCCCO3)c(COC(C)OCC)c2)cc1. The lowest BCUT2D eigenvalue weighted by Crippen LogP contribution is -2.42. The van der Waals surface area contributed by atoms with Gasteiger partial charge < -0.3 is 23.5 Å². The van der Waals surface area contributed by atoms with E-state index in [1.165, 1.54) is 0 Å². The van der Waals surface area contributed by atoms with Gasteiger partial charge in [-0.15, -0.1) is 0 Å². The average Bonchev–Trinajstić information content (AvgIpc) is 2.74. The molecule has 146 valence electrons. The summed E-state index contributed by atoms with van der Waals surface area (Å²) in [6.45, 7) is 13.1. The van der Waals surface area contributed by atoms with Gasteiger partial charge in [0.05, 0.1) is 13.2 Å². The van der Waals surface area contributed by atoms with Crippen LogP contribution >= 0.6 is 0 Å². The lowest BCUT2D eigenvalue weighted by atomic mass is 9.75. The van der Waals surface area contributed by atoms with Crippen molar-refractivity contribution in [1.82, 2.24) is 0 Å². The highest BCUT2D eigenvalue weighted by Crippen LogP contribution is 2.25. The third kappa shape index (κ3) is 5.57. The molecule has 28 heavy (non-hydrogen) atoms. The predicted octanol–water partition coefficient (Wildman–Crippen LogP) is 4.06. The Balaban J connectivity index is 1.78. The molecule has 1 aliphatic rings. The van der Waals surface area contributed by atoms with Gasteiger partial charge in [0.2, 0.25) is 0 Å². The summed E-state index contributed by atoms with van der Waals surface area (Å²) < 4.78 is 28.7. The summed E-state index contributed by atoms with van der Waals surface area (Å²) in [5, 5.41) is 0. The Morgan fingerprint density at radius 1 is 1.07 bits per heavy atom. The van der Waals surface area contributed by atoms with E-state index in [2.05, 4.69) is 4.85 Å². The van der Waals surface area contributed by atoms with Crippen molar-refractivity contribution in [2.45, 2.75) is 33.2 Å². The van der Waals surface area contributed by atoms with Crippen molar-refractivity contribution in [2.24, 2.45) is 0 Å². The van der Waals surface area contributed by atoms with Crippen LogP contribution in [0.2, 0.25) is 0 Å². The maximum Gasteiger partial charge on any atom is 0.494 e. The second-order valence-electron chi connectivity index (χ2n) is 6.33. The van der Waals surface area contributed by atoms with Crippen molar-refractivity contribution in [3.63, 3.8) is 0 Å². The molecule has 1 aliphatic heterocycles. The zero-order chi connectivity index (χ0) is 19.8. The van der Waals surface area contributed by atoms with Crippen molar-refractivity contribution in [3.05, 3.63) is 59.4 Å². The molecule has 7 heteroatoms. The molecule has 3 rings (SSSR count). The van der Waals surface area contributed by atoms with Crippen molar-refractivity contribution in [1.29, 1.82) is 0 Å². The Kier molecular flexibility index (Phi) is 7.46. The van der Waals surface area contributed by atoms with E-state index in [0.717, 1.165) is 17.4 Å². The van der Waals surface area contributed by atoms with Gasteiger partial charge in [-0.1, -0.05) is 18.2 Å². The second-order valence-corrected chi connectivity index (χ2v) is 6.33. The number of hydrogen-bond acceptors (Lipinski definition) is 5. The molecular formula is C21H24BNO5. The van der Waals surface area contributed by atoms with Crippen molar-refractivity contribution in [3.8, 4) is 11.5 Å². The molecule has 6 nitrogen and oxygen atoms in total. The van der Waals surface area contributed by atoms with Crippen molar-refractivity contribution < 1.29 is 23.5 Å². The van der Waals surface area contributed by atoms with Gasteiger partial charge in [-0.2, -0.15) is 0 Å². The molecule has 2 aromatic carbocycles. The van der Waals surface area contributed by atoms with Crippen molar-refractivity contribution in [2.75, 3.05) is 19.8 Å². The molecular weight excluding hydrogens is 357 g/mol. The van der Waals surface area contributed by atoms with Crippen LogP contribution in [0.1, 0.15) is 25.8 Å². The van der Waals surface area contributed by atoms with E-state index in [9.17, 15) is 0 Å². The van der Waals surface area contributed by atoms with Crippen LogP contribution in [0.3, 0.4) is 0 Å². The number of rotatable bonds is 8. The third-order valence-corrected chi connectivity index (χ3v) is 4.27. The van der Waals surface area contributed by atoms with E-state index in [-0.39, 0.29) is 6.29 Å². The normalized spacial score (nSPS) is 15.1. The van der Waals surface area contributed by atoms with Gasteiger partial charge in [-0.25, -0.2) is 4.85 Å². The van der Waals surface area contributed by atoms with E-state index >= 15 is 0 Å². The van der Waals surface area contributed by atoms with Crippen LogP contribution in [0.5, 0.6) is 11.5 Å². The average molecular weight is 381 g/mol. The third-order valence-electron chi connectivity index (χ3n) is 4.27. The van der Waals surface area contributed by atoms with Gasteiger partial charge in [0.25, 0.3) is 0 Å². The first-order valence-corrected chi connectivity index (χ1v) is 9.44. The Hall–Kier alpha value is -2.37. The molecule has 0 aliphatic carbocycles. The monoisotopic (exact) mass is 381 g/mol. The summed E-state index contributed by atoms with van der Waals surface area (Å²) in [7, 11) is -0.401. The van der Waals surface area contributed by atoms with Crippen LogP contribution in [0.4, 0.5) is 5.69 Å². The summed E-state index contributed by atoms with van der Waals surface area (Å²) in [5.74, 6) is 1.35. The van der Waals surface area contributed by atoms with Gasteiger partial charge in [0.1, 0.15) is 11.5 Å². The zero-order valence-electron chi connectivity index (χ0n) is 16.2. The van der Waals surface area contributed by atoms with Crippen LogP contribution in [0.15, 0.2) is 42.5 Å². The number of benzene rings is 2. The largest absolute Gasteiger partial charge is 0.494 e. The van der Waals surface area contributed by atoms with Crippen LogP contribution in [-0.4, -0.2) is 33.2 Å². The Labute approximate surface area is 166 Å². The minimum Gasteiger partial charge on any atom is -0.457 e. The molecule has 1 heterocycles. The molecule has 1 saturated heterocycles. The maximum absolute atomic E-state index is 7.03. The van der Waals surface area contributed by atoms with Gasteiger partial charge in [-0.05, 0) is 55.6 Å². The Morgan fingerprint density at radius 2 is 1.79 bits per heavy atom. The molecule has 0 spiro atoms. The number of hydrogen-bond donors (Lipinski definition) is 0. The molecule has 0 aromatic heterocycles. The van der Waals surface area contributed by atoms with E-state index in [4.69, 9.17) is 30.1 Å². The Bertz CT molecular complexity index is 799. The number of nitrogens with zero attached hydrogens (tertiary/aromatic N) is 1. The summed E-state index contributed by atoms with van der Waals surface area (Å²) in [5.41, 5.74) is 2.43. The van der Waals surface area contributed by atoms with Gasteiger partial charge >= 0.3 is 7.12 Å². The van der Waals surface area contributed by atoms with E-state index in [1.54, 1.807) is 24.3 Å². The van der Waals surface area contributed by atoms with E-state index in [1.807, 2.05) is 32.0 Å². The molecule has 0 saturated carbocycles. The molecule has 1 fully saturated rings. The first-order chi connectivity index (χ1) is 13.7. The first-order valence-electron chi connectivity index (χ1n) is 9.44. The molecule has 0 amide bonds. The maximum atomic E-state index is 7.03. The standard InChI is InChI=1S/C21H24BNO5/c1-4-24-16(2)25-15-17-14-20(28-19-8-6-18(23-3)7-9-19)10-11-21(17)22-26-12-5-13-27-22/h6-11,14,16H,4-5,12-13,15H2,1-2H3. The predicted molar refractivity (Wildman–Crippen MR) is 107 cm³/mol.